The lowest BCUT2D eigenvalue weighted by molar-refractivity contribution is -0.120. The molecular weight excluding hydrogens is 240 g/mol. The summed E-state index contributed by atoms with van der Waals surface area (Å²) in [6.07, 6.45) is 3.63. The minimum absolute atomic E-state index is 0.0925. The standard InChI is InChI=1S/C15H22N2O2/c1-12-6-2-3-8-14(12)17-15(18)11-19-10-13-7-4-5-9-16-13/h2-3,6,8,13,16H,4-5,7,9-11H2,1H3,(H,17,18). The van der Waals surface area contributed by atoms with Gasteiger partial charge in [-0.05, 0) is 37.9 Å². The fourth-order valence-corrected chi connectivity index (χ4v) is 2.26. The minimum atomic E-state index is -0.0925. The molecule has 0 radical (unpaired) electrons. The number of ether oxygens (including phenoxy) is 1. The molecule has 0 bridgehead atoms. The van der Waals surface area contributed by atoms with E-state index < -0.39 is 0 Å². The van der Waals surface area contributed by atoms with Crippen molar-refractivity contribution in [2.75, 3.05) is 25.1 Å². The first-order valence-corrected chi connectivity index (χ1v) is 6.92. The molecule has 0 saturated carbocycles. The van der Waals surface area contributed by atoms with Crippen LogP contribution >= 0.6 is 0 Å². The fourth-order valence-electron chi connectivity index (χ4n) is 2.26. The number of rotatable bonds is 5. The Morgan fingerprint density at radius 2 is 2.26 bits per heavy atom. The van der Waals surface area contributed by atoms with Crippen molar-refractivity contribution in [3.63, 3.8) is 0 Å². The van der Waals surface area contributed by atoms with Gasteiger partial charge >= 0.3 is 0 Å². The zero-order valence-corrected chi connectivity index (χ0v) is 11.4. The predicted octanol–water partition coefficient (Wildman–Crippen LogP) is 2.09. The zero-order valence-electron chi connectivity index (χ0n) is 11.4. The van der Waals surface area contributed by atoms with E-state index in [-0.39, 0.29) is 12.5 Å². The van der Waals surface area contributed by atoms with Crippen molar-refractivity contribution < 1.29 is 9.53 Å². The Morgan fingerprint density at radius 1 is 1.42 bits per heavy atom. The van der Waals surface area contributed by atoms with Crippen LogP contribution in [-0.4, -0.2) is 31.7 Å². The molecule has 0 aromatic heterocycles. The van der Waals surface area contributed by atoms with E-state index in [9.17, 15) is 4.79 Å². The molecule has 2 rings (SSSR count). The van der Waals surface area contributed by atoms with Crippen molar-refractivity contribution in [2.45, 2.75) is 32.2 Å². The number of aryl methyl sites for hydroxylation is 1. The quantitative estimate of drug-likeness (QED) is 0.854. The number of nitrogens with one attached hydrogen (secondary N) is 2. The van der Waals surface area contributed by atoms with Gasteiger partial charge in [0.25, 0.3) is 0 Å². The molecule has 4 heteroatoms. The molecule has 1 atom stereocenters. The van der Waals surface area contributed by atoms with Gasteiger partial charge in [-0.3, -0.25) is 4.79 Å². The number of hydrogen-bond donors (Lipinski definition) is 2. The number of carbonyl (C=O) groups is 1. The van der Waals surface area contributed by atoms with Gasteiger partial charge in [0.1, 0.15) is 6.61 Å². The molecule has 1 aromatic rings. The number of benzene rings is 1. The van der Waals surface area contributed by atoms with Gasteiger partial charge in [0.2, 0.25) is 5.91 Å². The van der Waals surface area contributed by atoms with E-state index in [1.165, 1.54) is 12.8 Å². The molecule has 2 N–H and O–H groups in total. The molecule has 104 valence electrons. The van der Waals surface area contributed by atoms with Crippen LogP contribution in [0.2, 0.25) is 0 Å². The molecule has 1 unspecified atom stereocenters. The maximum Gasteiger partial charge on any atom is 0.250 e. The lowest BCUT2D eigenvalue weighted by atomic mass is 10.1. The molecule has 1 fully saturated rings. The van der Waals surface area contributed by atoms with Crippen molar-refractivity contribution >= 4 is 11.6 Å². The van der Waals surface area contributed by atoms with Crippen molar-refractivity contribution in [3.05, 3.63) is 29.8 Å². The average Bonchev–Trinajstić information content (AvgIpc) is 2.43. The Hall–Kier alpha value is -1.39. The van der Waals surface area contributed by atoms with Gasteiger partial charge in [-0.25, -0.2) is 0 Å². The van der Waals surface area contributed by atoms with E-state index in [1.54, 1.807) is 0 Å². The average molecular weight is 262 g/mol. The summed E-state index contributed by atoms with van der Waals surface area (Å²) in [7, 11) is 0. The second kappa shape index (κ2) is 7.26. The SMILES string of the molecule is Cc1ccccc1NC(=O)COCC1CCCCN1. The Bertz CT molecular complexity index is 414. The van der Waals surface area contributed by atoms with E-state index in [0.29, 0.717) is 12.6 Å². The summed E-state index contributed by atoms with van der Waals surface area (Å²) >= 11 is 0. The van der Waals surface area contributed by atoms with E-state index in [2.05, 4.69) is 10.6 Å². The van der Waals surface area contributed by atoms with Crippen LogP contribution < -0.4 is 10.6 Å². The number of carbonyl (C=O) groups excluding carboxylic acids is 1. The summed E-state index contributed by atoms with van der Waals surface area (Å²) in [6, 6.07) is 8.14. The highest BCUT2D eigenvalue weighted by Crippen LogP contribution is 2.13. The maximum atomic E-state index is 11.7. The Kier molecular flexibility index (Phi) is 5.36. The number of piperidine rings is 1. The maximum absolute atomic E-state index is 11.7. The highest BCUT2D eigenvalue weighted by Gasteiger charge is 2.13. The topological polar surface area (TPSA) is 50.4 Å². The number of anilines is 1. The highest BCUT2D eigenvalue weighted by atomic mass is 16.5. The number of amides is 1. The molecule has 1 amide bonds. The third-order valence-electron chi connectivity index (χ3n) is 3.38. The third kappa shape index (κ3) is 4.65. The Labute approximate surface area is 114 Å². The van der Waals surface area contributed by atoms with E-state index in [4.69, 9.17) is 4.74 Å². The summed E-state index contributed by atoms with van der Waals surface area (Å²) < 4.78 is 5.47. The summed E-state index contributed by atoms with van der Waals surface area (Å²) in [6.45, 7) is 3.76. The van der Waals surface area contributed by atoms with Gasteiger partial charge in [0.15, 0.2) is 0 Å². The van der Waals surface area contributed by atoms with E-state index >= 15 is 0 Å². The first-order valence-electron chi connectivity index (χ1n) is 6.92. The molecule has 19 heavy (non-hydrogen) atoms. The third-order valence-corrected chi connectivity index (χ3v) is 3.38. The predicted molar refractivity (Wildman–Crippen MR) is 76.3 cm³/mol. The summed E-state index contributed by atoms with van der Waals surface area (Å²) in [5.41, 5.74) is 1.91. The van der Waals surface area contributed by atoms with Crippen LogP contribution in [0.15, 0.2) is 24.3 Å². The summed E-state index contributed by atoms with van der Waals surface area (Å²) in [5.74, 6) is -0.0925. The van der Waals surface area contributed by atoms with Crippen molar-refractivity contribution in [1.82, 2.24) is 5.32 Å². The Morgan fingerprint density at radius 3 is 3.00 bits per heavy atom. The first kappa shape index (κ1) is 14.0. The lowest BCUT2D eigenvalue weighted by Gasteiger charge is -2.23. The molecule has 1 aromatic carbocycles. The molecule has 0 aliphatic carbocycles. The normalized spacial score (nSPS) is 19.1. The largest absolute Gasteiger partial charge is 0.370 e. The van der Waals surface area contributed by atoms with Crippen LogP contribution in [0.5, 0.6) is 0 Å². The van der Waals surface area contributed by atoms with Crippen molar-refractivity contribution in [3.8, 4) is 0 Å². The zero-order chi connectivity index (χ0) is 13.5. The second-order valence-corrected chi connectivity index (χ2v) is 5.03. The van der Waals surface area contributed by atoms with Crippen LogP contribution in [0.3, 0.4) is 0 Å². The van der Waals surface area contributed by atoms with Crippen molar-refractivity contribution in [1.29, 1.82) is 0 Å². The van der Waals surface area contributed by atoms with Crippen LogP contribution in [0.25, 0.3) is 0 Å². The van der Waals surface area contributed by atoms with E-state index in [0.717, 1.165) is 24.2 Å². The molecule has 1 saturated heterocycles. The van der Waals surface area contributed by atoms with Crippen LogP contribution in [0.1, 0.15) is 24.8 Å². The molecule has 1 heterocycles. The fraction of sp³-hybridized carbons (Fsp3) is 0.533. The molecule has 1 aliphatic heterocycles. The van der Waals surface area contributed by atoms with Gasteiger partial charge in [0.05, 0.1) is 6.61 Å². The highest BCUT2D eigenvalue weighted by molar-refractivity contribution is 5.92. The minimum Gasteiger partial charge on any atom is -0.370 e. The first-order chi connectivity index (χ1) is 9.25. The van der Waals surface area contributed by atoms with Gasteiger partial charge < -0.3 is 15.4 Å². The van der Waals surface area contributed by atoms with Gasteiger partial charge in [-0.1, -0.05) is 24.6 Å². The molecular formula is C15H22N2O2. The summed E-state index contributed by atoms with van der Waals surface area (Å²) in [4.78, 5) is 11.7. The smallest absolute Gasteiger partial charge is 0.250 e. The van der Waals surface area contributed by atoms with Gasteiger partial charge in [0, 0.05) is 11.7 Å². The second-order valence-electron chi connectivity index (χ2n) is 5.03. The molecule has 4 nitrogen and oxygen atoms in total. The van der Waals surface area contributed by atoms with Gasteiger partial charge in [-0.15, -0.1) is 0 Å². The monoisotopic (exact) mass is 262 g/mol. The Balaban J connectivity index is 1.68. The van der Waals surface area contributed by atoms with Crippen molar-refractivity contribution in [2.24, 2.45) is 0 Å². The molecule has 1 aliphatic rings. The van der Waals surface area contributed by atoms with Crippen LogP contribution in [0.4, 0.5) is 5.69 Å². The van der Waals surface area contributed by atoms with Gasteiger partial charge in [-0.2, -0.15) is 0 Å². The van der Waals surface area contributed by atoms with E-state index in [1.807, 2.05) is 31.2 Å². The van der Waals surface area contributed by atoms with Crippen LogP contribution in [0, 0.1) is 6.92 Å². The number of hydrogen-bond acceptors (Lipinski definition) is 3. The molecule has 0 spiro atoms. The summed E-state index contributed by atoms with van der Waals surface area (Å²) in [5, 5.41) is 6.26. The van der Waals surface area contributed by atoms with Crippen LogP contribution in [-0.2, 0) is 9.53 Å². The lowest BCUT2D eigenvalue weighted by Crippen LogP contribution is -2.38. The number of para-hydroxylation sites is 1.